The second-order valence-electron chi connectivity index (χ2n) is 8.76. The number of carboxylic acids is 1. The van der Waals surface area contributed by atoms with Gasteiger partial charge in [0.05, 0.1) is 25.2 Å². The first-order valence-electron chi connectivity index (χ1n) is 11.0. The number of carbonyl (C=O) groups excluding carboxylic acids is 1. The fourth-order valence-corrected chi connectivity index (χ4v) is 4.20. The van der Waals surface area contributed by atoms with Crippen LogP contribution in [0.2, 0.25) is 0 Å². The summed E-state index contributed by atoms with van der Waals surface area (Å²) in [7, 11) is -2.71. The van der Waals surface area contributed by atoms with E-state index in [1.807, 2.05) is 16.9 Å². The maximum absolute atomic E-state index is 12.7. The summed E-state index contributed by atoms with van der Waals surface area (Å²) in [6.45, 7) is 4.64. The van der Waals surface area contributed by atoms with Crippen LogP contribution in [0.3, 0.4) is 0 Å². The third-order valence-corrected chi connectivity index (χ3v) is 6.18. The van der Waals surface area contributed by atoms with Gasteiger partial charge < -0.3 is 29.7 Å². The largest absolute Gasteiger partial charge is 0.497 e. The number of ether oxygens (including phenoxy) is 3. The van der Waals surface area contributed by atoms with Crippen molar-refractivity contribution in [2.75, 3.05) is 26.9 Å². The van der Waals surface area contributed by atoms with Crippen LogP contribution in [-0.2, 0) is 24.3 Å². The smallest absolute Gasteiger partial charge is 0.407 e. The molecule has 11 nitrogen and oxygen atoms in total. The monoisotopic (exact) mass is 524 g/mol. The van der Waals surface area contributed by atoms with Gasteiger partial charge in [0, 0.05) is 6.54 Å². The van der Waals surface area contributed by atoms with Gasteiger partial charge in [0.25, 0.3) is 0 Å². The highest BCUT2D eigenvalue weighted by atomic mass is 32.2. The minimum absolute atomic E-state index is 0.0473. The highest BCUT2D eigenvalue weighted by Gasteiger charge is 2.32. The van der Waals surface area contributed by atoms with Crippen LogP contribution in [0.1, 0.15) is 20.8 Å². The molecule has 1 amide bonds. The maximum atomic E-state index is 12.7. The third kappa shape index (κ3) is 9.11. The van der Waals surface area contributed by atoms with Crippen molar-refractivity contribution in [2.45, 2.75) is 43.4 Å². The van der Waals surface area contributed by atoms with Gasteiger partial charge in [-0.15, -0.1) is 0 Å². The number of amides is 1. The van der Waals surface area contributed by atoms with Crippen LogP contribution in [0.25, 0.3) is 11.1 Å². The maximum Gasteiger partial charge on any atom is 0.407 e. The molecular weight excluding hydrogens is 492 g/mol. The van der Waals surface area contributed by atoms with Gasteiger partial charge in [-0.05, 0) is 56.2 Å². The Hall–Kier alpha value is -3.19. The molecule has 198 valence electrons. The van der Waals surface area contributed by atoms with Gasteiger partial charge in [-0.25, -0.2) is 13.2 Å². The molecule has 0 saturated heterocycles. The summed E-state index contributed by atoms with van der Waals surface area (Å²) in [5.74, 6) is -0.889. The lowest BCUT2D eigenvalue weighted by Crippen LogP contribution is -2.50. The van der Waals surface area contributed by atoms with Crippen molar-refractivity contribution in [1.29, 1.82) is 0 Å². The summed E-state index contributed by atoms with van der Waals surface area (Å²) in [6, 6.07) is 11.2. The van der Waals surface area contributed by atoms with E-state index in [2.05, 4.69) is 5.32 Å². The van der Waals surface area contributed by atoms with E-state index in [1.165, 1.54) is 12.1 Å². The number of methoxy groups -OCH3 is 1. The minimum atomic E-state index is -4.26. The fraction of sp³-hybridized carbons (Fsp3) is 0.417. The van der Waals surface area contributed by atoms with E-state index < -0.39 is 46.4 Å². The van der Waals surface area contributed by atoms with Crippen LogP contribution < -0.4 is 14.8 Å². The first-order chi connectivity index (χ1) is 16.8. The van der Waals surface area contributed by atoms with E-state index >= 15 is 0 Å². The molecule has 4 N–H and O–H groups in total. The van der Waals surface area contributed by atoms with Gasteiger partial charge in [0.1, 0.15) is 23.5 Å². The number of aliphatic hydroxyl groups is 1. The van der Waals surface area contributed by atoms with Gasteiger partial charge in [-0.2, -0.15) is 4.72 Å². The quantitative estimate of drug-likeness (QED) is 0.304. The van der Waals surface area contributed by atoms with Gasteiger partial charge in [0.15, 0.2) is 0 Å². The van der Waals surface area contributed by atoms with Crippen LogP contribution in [-0.4, -0.2) is 75.3 Å². The second kappa shape index (κ2) is 12.7. The van der Waals surface area contributed by atoms with Crippen LogP contribution in [0.5, 0.6) is 5.75 Å². The molecular formula is C24H32N2O9S. The first kappa shape index (κ1) is 29.0. The number of nitrogens with one attached hydrogen (secondary N) is 2. The number of hydrogen-bond acceptors (Lipinski definition) is 8. The zero-order valence-electron chi connectivity index (χ0n) is 20.6. The lowest BCUT2D eigenvalue weighted by molar-refractivity contribution is -0.143. The molecule has 2 aromatic rings. The molecule has 0 radical (unpaired) electrons. The van der Waals surface area contributed by atoms with Crippen LogP contribution in [0.4, 0.5) is 4.79 Å². The molecule has 0 fully saturated rings. The highest BCUT2D eigenvalue weighted by Crippen LogP contribution is 2.24. The van der Waals surface area contributed by atoms with Crippen molar-refractivity contribution in [1.82, 2.24) is 10.0 Å². The predicted molar refractivity (Wildman–Crippen MR) is 131 cm³/mol. The van der Waals surface area contributed by atoms with Crippen LogP contribution in [0, 0.1) is 0 Å². The zero-order valence-corrected chi connectivity index (χ0v) is 21.4. The number of alkyl carbamates (subject to hydrolysis) is 1. The minimum Gasteiger partial charge on any atom is -0.497 e. The molecule has 0 aliphatic rings. The standard InChI is InChI=1S/C24H32N2O9S/c1-24(2,3)35-23(30)25-13-14-34-15-20(27)21(22(28)29)26-36(31,32)19-11-7-17(8-12-19)16-5-9-18(33-4)10-6-16/h5-12,20-21,26-27H,13-15H2,1-4H3,(H,25,30)(H,28,29)/t20-,21+/m0/s1. The van der Waals surface area contributed by atoms with Crippen molar-refractivity contribution >= 4 is 22.1 Å². The molecule has 0 aliphatic heterocycles. The Bertz CT molecular complexity index is 1110. The molecule has 0 aliphatic carbocycles. The summed E-state index contributed by atoms with van der Waals surface area (Å²) in [4.78, 5) is 23.0. The molecule has 2 aromatic carbocycles. The molecule has 0 bridgehead atoms. The Labute approximate surface area is 210 Å². The number of rotatable bonds is 12. The average molecular weight is 525 g/mol. The fourth-order valence-electron chi connectivity index (χ4n) is 2.98. The SMILES string of the molecule is COc1ccc(-c2ccc(S(=O)(=O)N[C@@H](C(=O)O)[C@@H](O)COCCNC(=O)OC(C)(C)C)cc2)cc1. The topological polar surface area (TPSA) is 160 Å². The van der Waals surface area contributed by atoms with Crippen molar-refractivity contribution in [3.8, 4) is 16.9 Å². The molecule has 2 atom stereocenters. The van der Waals surface area contributed by atoms with Crippen molar-refractivity contribution in [2.24, 2.45) is 0 Å². The number of aliphatic hydroxyl groups excluding tert-OH is 1. The first-order valence-corrected chi connectivity index (χ1v) is 12.5. The average Bonchev–Trinajstić information content (AvgIpc) is 2.81. The van der Waals surface area contributed by atoms with Gasteiger partial charge in [-0.1, -0.05) is 24.3 Å². The van der Waals surface area contributed by atoms with Crippen molar-refractivity contribution in [3.63, 3.8) is 0 Å². The van der Waals surface area contributed by atoms with E-state index in [4.69, 9.17) is 14.2 Å². The summed E-state index contributed by atoms with van der Waals surface area (Å²) < 4.78 is 42.9. The molecule has 0 saturated carbocycles. The Balaban J connectivity index is 1.94. The Morgan fingerprint density at radius 1 is 1.00 bits per heavy atom. The summed E-state index contributed by atoms with van der Waals surface area (Å²) in [5, 5.41) is 22.1. The van der Waals surface area contributed by atoms with Gasteiger partial charge in [-0.3, -0.25) is 4.79 Å². The van der Waals surface area contributed by atoms with E-state index in [-0.39, 0.29) is 18.0 Å². The number of benzene rings is 2. The third-order valence-electron chi connectivity index (χ3n) is 4.72. The lowest BCUT2D eigenvalue weighted by Gasteiger charge is -2.21. The number of hydrogen-bond donors (Lipinski definition) is 4. The molecule has 0 spiro atoms. The zero-order chi connectivity index (χ0) is 26.9. The number of carboxylic acid groups (broad SMARTS) is 1. The molecule has 0 unspecified atom stereocenters. The highest BCUT2D eigenvalue weighted by molar-refractivity contribution is 7.89. The van der Waals surface area contributed by atoms with Crippen LogP contribution in [0.15, 0.2) is 53.4 Å². The molecule has 0 heterocycles. The van der Waals surface area contributed by atoms with Gasteiger partial charge in [0.2, 0.25) is 10.0 Å². The molecule has 36 heavy (non-hydrogen) atoms. The Kier molecular flexibility index (Phi) is 10.2. The molecule has 0 aromatic heterocycles. The van der Waals surface area contributed by atoms with Gasteiger partial charge >= 0.3 is 12.1 Å². The van der Waals surface area contributed by atoms with Crippen molar-refractivity contribution < 1.29 is 42.4 Å². The van der Waals surface area contributed by atoms with E-state index in [0.717, 1.165) is 11.1 Å². The normalized spacial score (nSPS) is 13.5. The Morgan fingerprint density at radius 3 is 2.06 bits per heavy atom. The summed E-state index contributed by atoms with van der Waals surface area (Å²) in [6.07, 6.45) is -2.33. The van der Waals surface area contributed by atoms with Crippen LogP contribution >= 0.6 is 0 Å². The lowest BCUT2D eigenvalue weighted by atomic mass is 10.1. The molecule has 2 rings (SSSR count). The Morgan fingerprint density at radius 2 is 1.56 bits per heavy atom. The summed E-state index contributed by atoms with van der Waals surface area (Å²) in [5.41, 5.74) is 0.924. The molecule has 12 heteroatoms. The van der Waals surface area contributed by atoms with Crippen molar-refractivity contribution in [3.05, 3.63) is 48.5 Å². The number of carbonyl (C=O) groups is 2. The number of aliphatic carboxylic acids is 1. The summed E-state index contributed by atoms with van der Waals surface area (Å²) >= 11 is 0. The van der Waals surface area contributed by atoms with E-state index in [9.17, 15) is 28.2 Å². The van der Waals surface area contributed by atoms with E-state index in [0.29, 0.717) is 5.75 Å². The predicted octanol–water partition coefficient (Wildman–Crippen LogP) is 2.00. The second-order valence-corrected chi connectivity index (χ2v) is 10.5. The number of sulfonamides is 1. The van der Waals surface area contributed by atoms with E-state index in [1.54, 1.807) is 52.1 Å².